The van der Waals surface area contributed by atoms with Gasteiger partial charge in [0.2, 0.25) is 0 Å². The van der Waals surface area contributed by atoms with Crippen LogP contribution in [0.15, 0.2) is 48.9 Å². The van der Waals surface area contributed by atoms with Crippen molar-refractivity contribution >= 4 is 34.9 Å². The van der Waals surface area contributed by atoms with Crippen molar-refractivity contribution in [2.75, 3.05) is 5.32 Å². The molecule has 3 rings (SSSR count). The maximum atomic E-state index is 11.9. The van der Waals surface area contributed by atoms with Crippen LogP contribution in [0.2, 0.25) is 0 Å². The quantitative estimate of drug-likeness (QED) is 0.755. The summed E-state index contributed by atoms with van der Waals surface area (Å²) in [5, 5.41) is 10.6. The van der Waals surface area contributed by atoms with Gasteiger partial charge in [-0.05, 0) is 30.3 Å². The molecule has 0 saturated carbocycles. The summed E-state index contributed by atoms with van der Waals surface area (Å²) < 4.78 is 0. The zero-order valence-electron chi connectivity index (χ0n) is 9.83. The van der Waals surface area contributed by atoms with Gasteiger partial charge in [-0.3, -0.25) is 14.9 Å². The van der Waals surface area contributed by atoms with Crippen LogP contribution >= 0.6 is 12.4 Å². The Morgan fingerprint density at radius 3 is 2.74 bits per heavy atom. The number of hydrogen-bond acceptors (Lipinski definition) is 3. The molecule has 0 aliphatic rings. The van der Waals surface area contributed by atoms with Gasteiger partial charge in [0.05, 0.1) is 11.7 Å². The van der Waals surface area contributed by atoms with Gasteiger partial charge in [0.1, 0.15) is 0 Å². The lowest BCUT2D eigenvalue weighted by atomic mass is 10.2. The molecule has 0 atom stereocenters. The van der Waals surface area contributed by atoms with E-state index in [1.165, 1.54) is 0 Å². The molecule has 2 N–H and O–H groups in total. The molecule has 3 aromatic rings. The van der Waals surface area contributed by atoms with E-state index < -0.39 is 0 Å². The van der Waals surface area contributed by atoms with Crippen molar-refractivity contribution < 1.29 is 4.79 Å². The number of amides is 1. The molecule has 96 valence electrons. The van der Waals surface area contributed by atoms with Crippen molar-refractivity contribution in [2.24, 2.45) is 0 Å². The van der Waals surface area contributed by atoms with E-state index in [2.05, 4.69) is 20.5 Å². The number of carbonyl (C=O) groups is 1. The average molecular weight is 275 g/mol. The Bertz CT molecular complexity index is 696. The molecule has 5 nitrogen and oxygen atoms in total. The molecular weight excluding hydrogens is 264 g/mol. The number of hydrogen-bond donors (Lipinski definition) is 2. The molecule has 6 heteroatoms. The van der Waals surface area contributed by atoms with Gasteiger partial charge < -0.3 is 5.32 Å². The van der Waals surface area contributed by atoms with Crippen LogP contribution in [0, 0.1) is 0 Å². The highest BCUT2D eigenvalue weighted by Gasteiger charge is 2.06. The molecule has 0 saturated heterocycles. The van der Waals surface area contributed by atoms with Crippen molar-refractivity contribution in [3.63, 3.8) is 0 Å². The van der Waals surface area contributed by atoms with E-state index in [0.29, 0.717) is 5.56 Å². The Balaban J connectivity index is 0.00000133. The minimum atomic E-state index is -0.156. The minimum absolute atomic E-state index is 0. The highest BCUT2D eigenvalue weighted by Crippen LogP contribution is 2.17. The molecule has 2 aromatic heterocycles. The lowest BCUT2D eigenvalue weighted by Gasteiger charge is -2.04. The molecule has 0 spiro atoms. The number of fused-ring (bicyclic) bond motifs is 1. The molecule has 0 fully saturated rings. The Kier molecular flexibility index (Phi) is 3.77. The average Bonchev–Trinajstić information content (AvgIpc) is 2.87. The van der Waals surface area contributed by atoms with Crippen molar-refractivity contribution in [3.05, 3.63) is 54.5 Å². The zero-order chi connectivity index (χ0) is 12.4. The first kappa shape index (κ1) is 13.0. The summed E-state index contributed by atoms with van der Waals surface area (Å²) in [5.41, 5.74) is 2.20. The molecule has 1 amide bonds. The second-order valence-electron chi connectivity index (χ2n) is 3.86. The number of aromatic amines is 1. The first-order chi connectivity index (χ1) is 8.83. The normalized spacial score (nSPS) is 9.89. The number of benzene rings is 1. The molecular formula is C13H11ClN4O. The Morgan fingerprint density at radius 1 is 1.16 bits per heavy atom. The number of nitrogens with one attached hydrogen (secondary N) is 2. The monoisotopic (exact) mass is 274 g/mol. The van der Waals surface area contributed by atoms with Gasteiger partial charge in [0.15, 0.2) is 0 Å². The topological polar surface area (TPSA) is 70.7 Å². The minimum Gasteiger partial charge on any atom is -0.322 e. The molecule has 19 heavy (non-hydrogen) atoms. The van der Waals surface area contributed by atoms with E-state index in [1.807, 2.05) is 18.2 Å². The summed E-state index contributed by atoms with van der Waals surface area (Å²) in [5.74, 6) is -0.156. The zero-order valence-corrected chi connectivity index (χ0v) is 10.6. The molecule has 1 aromatic carbocycles. The van der Waals surface area contributed by atoms with Gasteiger partial charge in [-0.2, -0.15) is 5.10 Å². The largest absolute Gasteiger partial charge is 0.322 e. The summed E-state index contributed by atoms with van der Waals surface area (Å²) in [6.45, 7) is 0. The van der Waals surface area contributed by atoms with E-state index in [0.717, 1.165) is 16.6 Å². The smallest absolute Gasteiger partial charge is 0.255 e. The van der Waals surface area contributed by atoms with Crippen molar-refractivity contribution in [3.8, 4) is 0 Å². The van der Waals surface area contributed by atoms with Crippen molar-refractivity contribution in [1.29, 1.82) is 0 Å². The third-order valence-corrected chi connectivity index (χ3v) is 2.64. The van der Waals surface area contributed by atoms with Crippen LogP contribution in [-0.4, -0.2) is 21.1 Å². The van der Waals surface area contributed by atoms with E-state index in [-0.39, 0.29) is 18.3 Å². The summed E-state index contributed by atoms with van der Waals surface area (Å²) in [7, 11) is 0. The molecule has 0 unspecified atom stereocenters. The predicted molar refractivity (Wildman–Crippen MR) is 75.5 cm³/mol. The number of nitrogens with zero attached hydrogens (tertiary/aromatic N) is 2. The first-order valence-electron chi connectivity index (χ1n) is 5.47. The highest BCUT2D eigenvalue weighted by molar-refractivity contribution is 6.04. The van der Waals surface area contributed by atoms with Gasteiger partial charge in [-0.25, -0.2) is 0 Å². The Hall–Kier alpha value is -2.40. The van der Waals surface area contributed by atoms with Crippen LogP contribution in [-0.2, 0) is 0 Å². The first-order valence-corrected chi connectivity index (χ1v) is 5.47. The maximum absolute atomic E-state index is 11.9. The third kappa shape index (κ3) is 2.71. The lowest BCUT2D eigenvalue weighted by Crippen LogP contribution is -2.11. The molecule has 0 bridgehead atoms. The van der Waals surface area contributed by atoms with Gasteiger partial charge >= 0.3 is 0 Å². The third-order valence-electron chi connectivity index (χ3n) is 2.64. The number of aromatic nitrogens is 3. The van der Waals surface area contributed by atoms with E-state index in [1.54, 1.807) is 30.7 Å². The standard InChI is InChI=1S/C13H10N4O.ClH/c18-13(9-3-5-14-6-4-9)16-11-2-1-10-8-15-17-12(10)7-11;/h1-8H,(H,15,17)(H,16,18);1H. The number of rotatable bonds is 2. The predicted octanol–water partition coefficient (Wildman–Crippen LogP) is 2.63. The molecule has 0 radical (unpaired) electrons. The van der Waals surface area contributed by atoms with E-state index in [9.17, 15) is 4.79 Å². The van der Waals surface area contributed by atoms with Crippen molar-refractivity contribution in [1.82, 2.24) is 15.2 Å². The van der Waals surface area contributed by atoms with Crippen LogP contribution in [0.1, 0.15) is 10.4 Å². The van der Waals surface area contributed by atoms with Gasteiger partial charge in [-0.1, -0.05) is 0 Å². The van der Waals surface area contributed by atoms with Gasteiger partial charge in [-0.15, -0.1) is 12.4 Å². The SMILES string of the molecule is Cl.O=C(Nc1ccc2cn[nH]c2c1)c1ccncc1. The summed E-state index contributed by atoms with van der Waals surface area (Å²) >= 11 is 0. The maximum Gasteiger partial charge on any atom is 0.255 e. The molecule has 0 aliphatic heterocycles. The highest BCUT2D eigenvalue weighted by atomic mass is 35.5. The van der Waals surface area contributed by atoms with Gasteiger partial charge in [0.25, 0.3) is 5.91 Å². The number of H-pyrrole nitrogens is 1. The van der Waals surface area contributed by atoms with Crippen LogP contribution in [0.5, 0.6) is 0 Å². The lowest BCUT2D eigenvalue weighted by molar-refractivity contribution is 0.102. The Morgan fingerprint density at radius 2 is 1.95 bits per heavy atom. The number of halogens is 1. The van der Waals surface area contributed by atoms with E-state index in [4.69, 9.17) is 0 Å². The van der Waals surface area contributed by atoms with Crippen LogP contribution in [0.3, 0.4) is 0 Å². The van der Waals surface area contributed by atoms with Crippen LogP contribution in [0.25, 0.3) is 10.9 Å². The van der Waals surface area contributed by atoms with E-state index >= 15 is 0 Å². The second-order valence-corrected chi connectivity index (χ2v) is 3.86. The fourth-order valence-corrected chi connectivity index (χ4v) is 1.72. The number of anilines is 1. The fourth-order valence-electron chi connectivity index (χ4n) is 1.72. The Labute approximate surface area is 115 Å². The number of carbonyl (C=O) groups excluding carboxylic acids is 1. The number of pyridine rings is 1. The second kappa shape index (κ2) is 5.49. The van der Waals surface area contributed by atoms with Gasteiger partial charge in [0, 0.05) is 29.0 Å². The van der Waals surface area contributed by atoms with Crippen molar-refractivity contribution in [2.45, 2.75) is 0 Å². The molecule has 0 aliphatic carbocycles. The summed E-state index contributed by atoms with van der Waals surface area (Å²) in [6, 6.07) is 8.94. The fraction of sp³-hybridized carbons (Fsp3) is 0. The summed E-state index contributed by atoms with van der Waals surface area (Å²) in [4.78, 5) is 15.8. The van der Waals surface area contributed by atoms with Crippen LogP contribution < -0.4 is 5.32 Å². The summed E-state index contributed by atoms with van der Waals surface area (Å²) in [6.07, 6.45) is 4.92. The van der Waals surface area contributed by atoms with Crippen LogP contribution in [0.4, 0.5) is 5.69 Å². The molecule has 2 heterocycles.